The third kappa shape index (κ3) is 5.71. The van der Waals surface area contributed by atoms with Gasteiger partial charge in [0.1, 0.15) is 0 Å². The summed E-state index contributed by atoms with van der Waals surface area (Å²) in [6, 6.07) is 0. The van der Waals surface area contributed by atoms with E-state index in [1.807, 2.05) is 0 Å². The van der Waals surface area contributed by atoms with E-state index in [1.165, 1.54) is 0 Å². The zero-order valence-corrected chi connectivity index (χ0v) is 4.31. The molecular formula is C2H4NO3S-. The second-order valence-corrected chi connectivity index (χ2v) is 1.88. The minimum atomic E-state index is -2.11. The average Bonchev–Trinajstić information content (AvgIpc) is 1.61. The fourth-order valence-corrected chi connectivity index (χ4v) is 0.335. The van der Waals surface area contributed by atoms with Crippen LogP contribution in [0.2, 0.25) is 0 Å². The quantitative estimate of drug-likeness (QED) is 0.379. The van der Waals surface area contributed by atoms with E-state index in [2.05, 4.69) is 5.18 Å². The molecule has 5 heteroatoms. The van der Waals surface area contributed by atoms with Gasteiger partial charge in [-0.2, -0.15) is 4.91 Å². The van der Waals surface area contributed by atoms with Crippen LogP contribution in [0.15, 0.2) is 5.18 Å². The maximum Gasteiger partial charge on any atom is 0.0915 e. The van der Waals surface area contributed by atoms with Gasteiger partial charge in [-0.3, -0.25) is 4.21 Å². The first-order valence-corrected chi connectivity index (χ1v) is 2.86. The molecule has 0 N–H and O–H groups in total. The Morgan fingerprint density at radius 1 is 1.71 bits per heavy atom. The summed E-state index contributed by atoms with van der Waals surface area (Å²) in [6.07, 6.45) is 0. The molecule has 1 unspecified atom stereocenters. The molecule has 0 aliphatic heterocycles. The van der Waals surface area contributed by atoms with Gasteiger partial charge in [0.25, 0.3) is 0 Å². The zero-order valence-electron chi connectivity index (χ0n) is 3.49. The smallest absolute Gasteiger partial charge is 0.0915 e. The molecule has 0 aromatic heterocycles. The Labute approximate surface area is 43.2 Å². The lowest BCUT2D eigenvalue weighted by Gasteiger charge is -1.96. The van der Waals surface area contributed by atoms with E-state index in [0.717, 1.165) is 0 Å². The van der Waals surface area contributed by atoms with Crippen molar-refractivity contribution in [2.75, 3.05) is 12.3 Å². The summed E-state index contributed by atoms with van der Waals surface area (Å²) in [5, 5.41) is 2.33. The number of hydrogen-bond donors (Lipinski definition) is 0. The van der Waals surface area contributed by atoms with Gasteiger partial charge >= 0.3 is 0 Å². The number of hydrogen-bond acceptors (Lipinski definition) is 4. The van der Waals surface area contributed by atoms with E-state index < -0.39 is 11.1 Å². The molecule has 0 rings (SSSR count). The van der Waals surface area contributed by atoms with Crippen molar-refractivity contribution >= 4 is 11.1 Å². The molecule has 0 saturated heterocycles. The fourth-order valence-electron chi connectivity index (χ4n) is 0.112. The third-order valence-electron chi connectivity index (χ3n) is 0.349. The molecule has 0 aliphatic carbocycles. The molecule has 0 spiro atoms. The Morgan fingerprint density at radius 2 is 2.29 bits per heavy atom. The van der Waals surface area contributed by atoms with Crippen molar-refractivity contribution in [3.8, 4) is 0 Å². The molecule has 0 radical (unpaired) electrons. The Morgan fingerprint density at radius 3 is 2.43 bits per heavy atom. The van der Waals surface area contributed by atoms with Gasteiger partial charge in [-0.05, 0) is 0 Å². The third-order valence-corrected chi connectivity index (χ3v) is 0.865. The second kappa shape index (κ2) is 3.89. The van der Waals surface area contributed by atoms with Crippen LogP contribution < -0.4 is 0 Å². The largest absolute Gasteiger partial charge is 0.772 e. The minimum Gasteiger partial charge on any atom is -0.772 e. The zero-order chi connectivity index (χ0) is 5.70. The maximum atomic E-state index is 9.56. The van der Waals surface area contributed by atoms with Crippen molar-refractivity contribution in [2.45, 2.75) is 0 Å². The Kier molecular flexibility index (Phi) is 3.72. The van der Waals surface area contributed by atoms with Crippen molar-refractivity contribution in [1.29, 1.82) is 0 Å². The summed E-state index contributed by atoms with van der Waals surface area (Å²) < 4.78 is 19.1. The van der Waals surface area contributed by atoms with Gasteiger partial charge in [-0.25, -0.2) is 0 Å². The predicted octanol–water partition coefficient (Wildman–Crippen LogP) is -0.368. The second-order valence-electron chi connectivity index (χ2n) is 0.861. The van der Waals surface area contributed by atoms with Crippen LogP contribution in [0.1, 0.15) is 0 Å². The van der Waals surface area contributed by atoms with Crippen LogP contribution in [0.5, 0.6) is 0 Å². The topological polar surface area (TPSA) is 69.6 Å². The summed E-state index contributed by atoms with van der Waals surface area (Å²) in [6.45, 7) is -0.143. The highest BCUT2D eigenvalue weighted by Gasteiger charge is 1.79. The normalized spacial score (nSPS) is 13.3. The molecule has 4 nitrogen and oxygen atoms in total. The van der Waals surface area contributed by atoms with Gasteiger partial charge in [0.15, 0.2) is 0 Å². The van der Waals surface area contributed by atoms with Crippen LogP contribution in [0.3, 0.4) is 0 Å². The molecule has 0 amide bonds. The summed E-state index contributed by atoms with van der Waals surface area (Å²) in [5.74, 6) is -0.163. The van der Waals surface area contributed by atoms with E-state index in [1.54, 1.807) is 0 Å². The van der Waals surface area contributed by atoms with Gasteiger partial charge < -0.3 is 4.55 Å². The molecule has 0 saturated carbocycles. The van der Waals surface area contributed by atoms with E-state index in [-0.39, 0.29) is 12.3 Å². The summed E-state index contributed by atoms with van der Waals surface area (Å²) in [7, 11) is 0. The van der Waals surface area contributed by atoms with Gasteiger partial charge in [-0.1, -0.05) is 16.3 Å². The predicted molar refractivity (Wildman–Crippen MR) is 24.4 cm³/mol. The summed E-state index contributed by atoms with van der Waals surface area (Å²) >= 11 is -2.11. The van der Waals surface area contributed by atoms with E-state index in [4.69, 9.17) is 0 Å². The van der Waals surface area contributed by atoms with Gasteiger partial charge in [-0.15, -0.1) is 0 Å². The monoisotopic (exact) mass is 122 g/mol. The Hall–Kier alpha value is -0.290. The average molecular weight is 122 g/mol. The Bertz CT molecular complexity index is 83.0. The van der Waals surface area contributed by atoms with Crippen LogP contribution >= 0.6 is 0 Å². The molecule has 7 heavy (non-hydrogen) atoms. The van der Waals surface area contributed by atoms with Crippen molar-refractivity contribution in [3.05, 3.63) is 4.91 Å². The van der Waals surface area contributed by atoms with Crippen LogP contribution in [0.4, 0.5) is 0 Å². The Balaban J connectivity index is 2.97. The van der Waals surface area contributed by atoms with Gasteiger partial charge in [0, 0.05) is 5.75 Å². The SMILES string of the molecule is O=NCCS(=O)[O-]. The molecule has 0 heterocycles. The summed E-state index contributed by atoms with van der Waals surface area (Å²) in [4.78, 5) is 9.19. The number of nitrogens with zero attached hydrogens (tertiary/aromatic N) is 1. The first kappa shape index (κ1) is 6.71. The molecule has 0 fully saturated rings. The van der Waals surface area contributed by atoms with E-state index in [0.29, 0.717) is 0 Å². The van der Waals surface area contributed by atoms with Crippen LogP contribution in [-0.4, -0.2) is 21.1 Å². The number of nitroso groups, excluding NO2 is 1. The van der Waals surface area contributed by atoms with Crippen molar-refractivity contribution in [3.63, 3.8) is 0 Å². The summed E-state index contributed by atoms with van der Waals surface area (Å²) in [5.41, 5.74) is 0. The molecule has 42 valence electrons. The van der Waals surface area contributed by atoms with Crippen molar-refractivity contribution in [2.24, 2.45) is 5.18 Å². The molecule has 0 bridgehead atoms. The van der Waals surface area contributed by atoms with E-state index in [9.17, 15) is 13.7 Å². The lowest BCUT2D eigenvalue weighted by molar-refractivity contribution is 0.537. The first-order chi connectivity index (χ1) is 3.27. The lowest BCUT2D eigenvalue weighted by atomic mass is 10.8. The van der Waals surface area contributed by atoms with Gasteiger partial charge in [0.05, 0.1) is 6.54 Å². The van der Waals surface area contributed by atoms with Crippen LogP contribution in [0.25, 0.3) is 0 Å². The van der Waals surface area contributed by atoms with Crippen LogP contribution in [-0.2, 0) is 11.1 Å². The first-order valence-electron chi connectivity index (χ1n) is 1.62. The molecule has 0 aliphatic rings. The fraction of sp³-hybridized carbons (Fsp3) is 1.00. The minimum absolute atomic E-state index is 0.143. The molecular weight excluding hydrogens is 118 g/mol. The highest BCUT2D eigenvalue weighted by Crippen LogP contribution is 1.72. The lowest BCUT2D eigenvalue weighted by Crippen LogP contribution is -1.97. The number of rotatable bonds is 3. The highest BCUT2D eigenvalue weighted by atomic mass is 32.2. The molecule has 1 atom stereocenters. The van der Waals surface area contributed by atoms with Gasteiger partial charge in [0.2, 0.25) is 0 Å². The van der Waals surface area contributed by atoms with Crippen molar-refractivity contribution in [1.82, 2.24) is 0 Å². The molecule has 0 aromatic rings. The van der Waals surface area contributed by atoms with E-state index >= 15 is 0 Å². The standard InChI is InChI=1S/C2H5NO3S/c4-3-1-2-7(5)6/h1-2H2,(H,5,6)/p-1. The van der Waals surface area contributed by atoms with Crippen molar-refractivity contribution < 1.29 is 8.76 Å². The maximum absolute atomic E-state index is 9.56. The highest BCUT2D eigenvalue weighted by molar-refractivity contribution is 7.79. The van der Waals surface area contributed by atoms with Crippen LogP contribution in [0, 0.1) is 4.91 Å². The molecule has 0 aromatic carbocycles.